The Morgan fingerprint density at radius 2 is 2.32 bits per heavy atom. The van der Waals surface area contributed by atoms with Gasteiger partial charge < -0.3 is 9.67 Å². The fourth-order valence-corrected chi connectivity index (χ4v) is 1.75. The Labute approximate surface area is 108 Å². The third-order valence-corrected chi connectivity index (χ3v) is 2.78. The van der Waals surface area contributed by atoms with Gasteiger partial charge in [-0.2, -0.15) is 5.26 Å². The quantitative estimate of drug-likeness (QED) is 0.913. The molecule has 0 spiro atoms. The lowest BCUT2D eigenvalue weighted by Gasteiger charge is -2.09. The zero-order valence-electron chi connectivity index (χ0n) is 10.1. The summed E-state index contributed by atoms with van der Waals surface area (Å²) < 4.78 is 15.2. The summed E-state index contributed by atoms with van der Waals surface area (Å²) in [6, 6.07) is 5.93. The molecule has 19 heavy (non-hydrogen) atoms. The van der Waals surface area contributed by atoms with Crippen LogP contribution < -0.4 is 0 Å². The Morgan fingerprint density at radius 3 is 2.89 bits per heavy atom. The van der Waals surface area contributed by atoms with E-state index in [-0.39, 0.29) is 17.8 Å². The predicted octanol–water partition coefficient (Wildman–Crippen LogP) is 1.95. The minimum Gasteiger partial charge on any atom is -0.477 e. The molecule has 0 aliphatic rings. The van der Waals surface area contributed by atoms with E-state index in [2.05, 4.69) is 4.98 Å². The maximum Gasteiger partial charge on any atom is 0.354 e. The fraction of sp³-hybridized carbons (Fsp3) is 0.154. The van der Waals surface area contributed by atoms with Crippen LogP contribution in [0.3, 0.4) is 0 Å². The highest BCUT2D eigenvalue weighted by atomic mass is 19.1. The van der Waals surface area contributed by atoms with Crippen LogP contribution in [0.4, 0.5) is 4.39 Å². The number of hydrogen-bond donors (Lipinski definition) is 1. The van der Waals surface area contributed by atoms with Crippen molar-refractivity contribution < 1.29 is 14.3 Å². The van der Waals surface area contributed by atoms with Crippen molar-refractivity contribution >= 4 is 5.97 Å². The second-order valence-corrected chi connectivity index (χ2v) is 4.00. The third-order valence-electron chi connectivity index (χ3n) is 2.78. The number of rotatable bonds is 3. The number of aryl methyl sites for hydroxylation is 1. The summed E-state index contributed by atoms with van der Waals surface area (Å²) in [6.45, 7) is 1.71. The van der Waals surface area contributed by atoms with E-state index in [1.807, 2.05) is 6.07 Å². The molecular weight excluding hydrogens is 249 g/mol. The maximum atomic E-state index is 13.8. The van der Waals surface area contributed by atoms with Crippen molar-refractivity contribution in [3.05, 3.63) is 52.9 Å². The second kappa shape index (κ2) is 4.90. The lowest BCUT2D eigenvalue weighted by molar-refractivity contribution is 0.0685. The van der Waals surface area contributed by atoms with Crippen molar-refractivity contribution in [3.63, 3.8) is 0 Å². The lowest BCUT2D eigenvalue weighted by Crippen LogP contribution is -2.11. The molecule has 2 aromatic rings. The molecular formula is C13H10FN3O2. The van der Waals surface area contributed by atoms with Gasteiger partial charge in [-0.05, 0) is 19.1 Å². The topological polar surface area (TPSA) is 78.9 Å². The molecule has 1 N–H and O–H groups in total. The maximum absolute atomic E-state index is 13.8. The molecule has 96 valence electrons. The molecule has 0 atom stereocenters. The van der Waals surface area contributed by atoms with Crippen molar-refractivity contribution in [2.24, 2.45) is 0 Å². The molecule has 0 fully saturated rings. The van der Waals surface area contributed by atoms with Crippen molar-refractivity contribution in [3.8, 4) is 6.07 Å². The number of hydrogen-bond acceptors (Lipinski definition) is 3. The fourth-order valence-electron chi connectivity index (χ4n) is 1.75. The van der Waals surface area contributed by atoms with Gasteiger partial charge in [0.05, 0.1) is 24.4 Å². The molecule has 0 unspecified atom stereocenters. The molecule has 1 heterocycles. The first-order valence-corrected chi connectivity index (χ1v) is 5.47. The van der Waals surface area contributed by atoms with E-state index in [0.717, 1.165) is 6.07 Å². The number of nitrogens with zero attached hydrogens (tertiary/aromatic N) is 3. The van der Waals surface area contributed by atoms with Gasteiger partial charge in [0.1, 0.15) is 17.3 Å². The summed E-state index contributed by atoms with van der Waals surface area (Å²) in [5, 5.41) is 17.7. The van der Waals surface area contributed by atoms with Gasteiger partial charge in [-0.25, -0.2) is 14.2 Å². The van der Waals surface area contributed by atoms with Crippen LogP contribution in [0.5, 0.6) is 0 Å². The summed E-state index contributed by atoms with van der Waals surface area (Å²) >= 11 is 0. The first kappa shape index (κ1) is 12.8. The highest BCUT2D eigenvalue weighted by Crippen LogP contribution is 2.14. The molecule has 5 nitrogen and oxygen atoms in total. The third kappa shape index (κ3) is 2.45. The van der Waals surface area contributed by atoms with E-state index in [9.17, 15) is 9.18 Å². The number of carboxylic acids is 1. The van der Waals surface area contributed by atoms with E-state index in [1.165, 1.54) is 22.9 Å². The molecule has 6 heteroatoms. The summed E-state index contributed by atoms with van der Waals surface area (Å²) in [5.41, 5.74) is 0.533. The molecule has 0 saturated heterocycles. The van der Waals surface area contributed by atoms with Gasteiger partial charge in [0, 0.05) is 5.56 Å². The van der Waals surface area contributed by atoms with Crippen molar-refractivity contribution in [2.75, 3.05) is 0 Å². The highest BCUT2D eigenvalue weighted by Gasteiger charge is 2.15. The normalized spacial score (nSPS) is 10.2. The van der Waals surface area contributed by atoms with Crippen LogP contribution in [0.15, 0.2) is 24.4 Å². The van der Waals surface area contributed by atoms with E-state index in [1.54, 1.807) is 6.92 Å². The van der Waals surface area contributed by atoms with Gasteiger partial charge in [0.25, 0.3) is 0 Å². The lowest BCUT2D eigenvalue weighted by atomic mass is 10.1. The monoisotopic (exact) mass is 259 g/mol. The van der Waals surface area contributed by atoms with Crippen LogP contribution in [-0.2, 0) is 6.54 Å². The van der Waals surface area contributed by atoms with Crippen LogP contribution in [0.1, 0.15) is 27.4 Å². The Balaban J connectivity index is 2.39. The average molecular weight is 259 g/mol. The van der Waals surface area contributed by atoms with Crippen molar-refractivity contribution in [2.45, 2.75) is 13.5 Å². The van der Waals surface area contributed by atoms with Crippen LogP contribution in [0, 0.1) is 24.1 Å². The van der Waals surface area contributed by atoms with E-state index >= 15 is 0 Å². The molecule has 0 radical (unpaired) electrons. The van der Waals surface area contributed by atoms with Crippen molar-refractivity contribution in [1.82, 2.24) is 9.55 Å². The molecule has 0 amide bonds. The van der Waals surface area contributed by atoms with Gasteiger partial charge in [0.15, 0.2) is 0 Å². The molecule has 1 aromatic heterocycles. The zero-order chi connectivity index (χ0) is 14.0. The highest BCUT2D eigenvalue weighted by molar-refractivity contribution is 5.85. The van der Waals surface area contributed by atoms with Gasteiger partial charge in [-0.1, -0.05) is 6.07 Å². The number of halogens is 1. The SMILES string of the molecule is Cc1ncc(C(=O)O)n1Cc1ccc(C#N)cc1F. The smallest absolute Gasteiger partial charge is 0.354 e. The van der Waals surface area contributed by atoms with E-state index < -0.39 is 11.8 Å². The zero-order valence-corrected chi connectivity index (χ0v) is 10.1. The van der Waals surface area contributed by atoms with Crippen LogP contribution >= 0.6 is 0 Å². The van der Waals surface area contributed by atoms with E-state index in [0.29, 0.717) is 11.4 Å². The molecule has 1 aromatic carbocycles. The van der Waals surface area contributed by atoms with Crippen molar-refractivity contribution in [1.29, 1.82) is 5.26 Å². The standard InChI is InChI=1S/C13H10FN3O2/c1-8-16-6-12(13(18)19)17(8)7-10-3-2-9(5-15)4-11(10)14/h2-4,6H,7H2,1H3,(H,18,19). The number of benzene rings is 1. The predicted molar refractivity (Wildman–Crippen MR) is 64.1 cm³/mol. The number of nitriles is 1. The molecule has 0 bridgehead atoms. The number of imidazole rings is 1. The molecule has 0 aliphatic carbocycles. The Bertz CT molecular complexity index is 686. The van der Waals surface area contributed by atoms with Crippen LogP contribution in [0.25, 0.3) is 0 Å². The molecule has 0 saturated carbocycles. The average Bonchev–Trinajstić information content (AvgIpc) is 2.73. The first-order chi connectivity index (χ1) is 9.02. The van der Waals surface area contributed by atoms with Crippen LogP contribution in [0.2, 0.25) is 0 Å². The van der Waals surface area contributed by atoms with Gasteiger partial charge in [0.2, 0.25) is 0 Å². The minimum absolute atomic E-state index is 0.00117. The number of carboxylic acid groups (broad SMARTS) is 1. The Kier molecular flexibility index (Phi) is 3.29. The van der Waals surface area contributed by atoms with E-state index in [4.69, 9.17) is 10.4 Å². The first-order valence-electron chi connectivity index (χ1n) is 5.47. The number of aromatic nitrogens is 2. The number of carbonyl (C=O) groups is 1. The Morgan fingerprint density at radius 1 is 1.58 bits per heavy atom. The summed E-state index contributed by atoms with van der Waals surface area (Å²) in [5.74, 6) is -1.17. The Hall–Kier alpha value is -2.68. The largest absolute Gasteiger partial charge is 0.477 e. The van der Waals surface area contributed by atoms with Gasteiger partial charge in [-0.3, -0.25) is 0 Å². The van der Waals surface area contributed by atoms with Gasteiger partial charge in [-0.15, -0.1) is 0 Å². The summed E-state index contributed by atoms with van der Waals surface area (Å²) in [7, 11) is 0. The molecule has 0 aliphatic heterocycles. The number of aromatic carboxylic acids is 1. The van der Waals surface area contributed by atoms with Crippen LogP contribution in [-0.4, -0.2) is 20.6 Å². The summed E-state index contributed by atoms with van der Waals surface area (Å²) in [4.78, 5) is 14.9. The van der Waals surface area contributed by atoms with Gasteiger partial charge >= 0.3 is 5.97 Å². The second-order valence-electron chi connectivity index (χ2n) is 4.00. The minimum atomic E-state index is -1.12. The molecule has 2 rings (SSSR count). The summed E-state index contributed by atoms with van der Waals surface area (Å²) in [6.07, 6.45) is 1.24.